The van der Waals surface area contributed by atoms with Gasteiger partial charge in [0.05, 0.1) is 11.6 Å². The van der Waals surface area contributed by atoms with Gasteiger partial charge in [-0.3, -0.25) is 0 Å². The molecule has 0 aromatic heterocycles. The molecule has 4 nitrogen and oxygen atoms in total. The highest BCUT2D eigenvalue weighted by atomic mass is 16.6. The third-order valence-electron chi connectivity index (χ3n) is 5.32. The first-order valence-electron chi connectivity index (χ1n) is 9.58. The summed E-state index contributed by atoms with van der Waals surface area (Å²) in [6.45, 7) is 6.01. The maximum atomic E-state index is 13.0. The number of amides is 1. The number of carbonyl (C=O) groups is 1. The molecule has 0 aliphatic carbocycles. The Hall–Kier alpha value is -2.77. The van der Waals surface area contributed by atoms with E-state index in [1.165, 1.54) is 0 Å². The van der Waals surface area contributed by atoms with Crippen LogP contribution in [0.25, 0.3) is 0 Å². The number of aliphatic hydroxyl groups is 1. The second-order valence-corrected chi connectivity index (χ2v) is 8.10. The van der Waals surface area contributed by atoms with Gasteiger partial charge in [0.25, 0.3) is 0 Å². The van der Waals surface area contributed by atoms with Crippen molar-refractivity contribution in [2.24, 2.45) is 0 Å². The Morgan fingerprint density at radius 1 is 1.21 bits per heavy atom. The van der Waals surface area contributed by atoms with E-state index < -0.39 is 11.2 Å². The summed E-state index contributed by atoms with van der Waals surface area (Å²) in [6.07, 6.45) is 6.01. The molecule has 28 heavy (non-hydrogen) atoms. The second kappa shape index (κ2) is 7.69. The highest BCUT2D eigenvalue weighted by Crippen LogP contribution is 2.42. The van der Waals surface area contributed by atoms with Crippen molar-refractivity contribution in [3.05, 3.63) is 71.3 Å². The van der Waals surface area contributed by atoms with E-state index in [1.807, 2.05) is 61.5 Å². The van der Waals surface area contributed by atoms with Gasteiger partial charge in [-0.25, -0.2) is 4.79 Å². The molecule has 2 atom stereocenters. The van der Waals surface area contributed by atoms with Gasteiger partial charge in [0, 0.05) is 24.9 Å². The SMILES string of the molecule is C#Cc1ccc([C@H](C)N2CC[C@](CC(C)(C)O)(c3ccccc3)OC2=O)cc1. The molecule has 1 saturated heterocycles. The average molecular weight is 377 g/mol. The summed E-state index contributed by atoms with van der Waals surface area (Å²) in [4.78, 5) is 14.7. The Bertz CT molecular complexity index is 861. The largest absolute Gasteiger partial charge is 0.438 e. The first kappa shape index (κ1) is 20.0. The van der Waals surface area contributed by atoms with Gasteiger partial charge in [-0.15, -0.1) is 6.42 Å². The van der Waals surface area contributed by atoms with Crippen LogP contribution in [-0.4, -0.2) is 28.2 Å². The minimum atomic E-state index is -0.963. The molecule has 0 saturated carbocycles. The van der Waals surface area contributed by atoms with Crippen molar-refractivity contribution in [1.29, 1.82) is 0 Å². The van der Waals surface area contributed by atoms with Gasteiger partial charge in [0.15, 0.2) is 0 Å². The third-order valence-corrected chi connectivity index (χ3v) is 5.32. The quantitative estimate of drug-likeness (QED) is 0.773. The van der Waals surface area contributed by atoms with E-state index in [1.54, 1.807) is 18.7 Å². The molecule has 1 N–H and O–H groups in total. The van der Waals surface area contributed by atoms with E-state index in [0.29, 0.717) is 19.4 Å². The lowest BCUT2D eigenvalue weighted by molar-refractivity contribution is -0.101. The Morgan fingerprint density at radius 3 is 2.39 bits per heavy atom. The van der Waals surface area contributed by atoms with Gasteiger partial charge >= 0.3 is 6.09 Å². The van der Waals surface area contributed by atoms with E-state index >= 15 is 0 Å². The number of carbonyl (C=O) groups excluding carboxylic acids is 1. The Morgan fingerprint density at radius 2 is 1.86 bits per heavy atom. The number of cyclic esters (lactones) is 1. The number of nitrogens with zero attached hydrogens (tertiary/aromatic N) is 1. The zero-order chi connectivity index (χ0) is 20.4. The zero-order valence-corrected chi connectivity index (χ0v) is 16.7. The van der Waals surface area contributed by atoms with E-state index in [-0.39, 0.29) is 12.1 Å². The van der Waals surface area contributed by atoms with Crippen LogP contribution in [0.5, 0.6) is 0 Å². The highest BCUT2D eigenvalue weighted by molar-refractivity contribution is 5.70. The normalized spacial score (nSPS) is 21.0. The summed E-state index contributed by atoms with van der Waals surface area (Å²) in [6, 6.07) is 17.2. The second-order valence-electron chi connectivity index (χ2n) is 8.10. The van der Waals surface area contributed by atoms with Gasteiger partial charge in [-0.05, 0) is 44.0 Å². The Balaban J connectivity index is 1.85. The van der Waals surface area contributed by atoms with Gasteiger partial charge < -0.3 is 14.7 Å². The summed E-state index contributed by atoms with van der Waals surface area (Å²) in [5.41, 5.74) is 0.932. The number of rotatable bonds is 5. The lowest BCUT2D eigenvalue weighted by Gasteiger charge is -2.45. The smallest absolute Gasteiger partial charge is 0.411 e. The van der Waals surface area contributed by atoms with E-state index in [4.69, 9.17) is 11.2 Å². The number of hydrogen-bond donors (Lipinski definition) is 1. The molecule has 1 heterocycles. The molecule has 0 radical (unpaired) electrons. The molecule has 2 aromatic carbocycles. The van der Waals surface area contributed by atoms with E-state index in [9.17, 15) is 9.90 Å². The molecule has 2 aromatic rings. The molecule has 1 fully saturated rings. The molecule has 0 unspecified atom stereocenters. The summed E-state index contributed by atoms with van der Waals surface area (Å²) in [5, 5.41) is 10.5. The van der Waals surface area contributed by atoms with Crippen molar-refractivity contribution >= 4 is 6.09 Å². The van der Waals surface area contributed by atoms with Crippen molar-refractivity contribution in [1.82, 2.24) is 4.90 Å². The molecular weight excluding hydrogens is 350 g/mol. The van der Waals surface area contributed by atoms with Crippen LogP contribution in [0.1, 0.15) is 56.3 Å². The molecular formula is C24H27NO3. The van der Waals surface area contributed by atoms with Gasteiger partial charge in [0.1, 0.15) is 5.60 Å². The van der Waals surface area contributed by atoms with Crippen LogP contribution in [0.2, 0.25) is 0 Å². The van der Waals surface area contributed by atoms with Crippen LogP contribution >= 0.6 is 0 Å². The summed E-state index contributed by atoms with van der Waals surface area (Å²) >= 11 is 0. The van der Waals surface area contributed by atoms with Crippen LogP contribution in [-0.2, 0) is 10.3 Å². The maximum absolute atomic E-state index is 13.0. The maximum Gasteiger partial charge on any atom is 0.411 e. The van der Waals surface area contributed by atoms with Crippen molar-refractivity contribution < 1.29 is 14.6 Å². The minimum Gasteiger partial charge on any atom is -0.438 e. The third kappa shape index (κ3) is 4.21. The number of benzene rings is 2. The van der Waals surface area contributed by atoms with Crippen molar-refractivity contribution in [2.45, 2.75) is 50.9 Å². The Labute approximate surface area is 167 Å². The fourth-order valence-corrected chi connectivity index (χ4v) is 3.93. The molecule has 146 valence electrons. The first-order valence-corrected chi connectivity index (χ1v) is 9.58. The molecule has 1 aliphatic heterocycles. The monoisotopic (exact) mass is 377 g/mol. The van der Waals surface area contributed by atoms with Crippen molar-refractivity contribution in [3.8, 4) is 12.3 Å². The molecule has 0 spiro atoms. The van der Waals surface area contributed by atoms with Gasteiger partial charge in [-0.2, -0.15) is 0 Å². The fourth-order valence-electron chi connectivity index (χ4n) is 3.93. The zero-order valence-electron chi connectivity index (χ0n) is 16.7. The average Bonchev–Trinajstić information content (AvgIpc) is 2.67. The Kier molecular flexibility index (Phi) is 5.49. The molecule has 1 aliphatic rings. The number of ether oxygens (including phenoxy) is 1. The van der Waals surface area contributed by atoms with Crippen LogP contribution in [0.4, 0.5) is 4.79 Å². The lowest BCUT2D eigenvalue weighted by Crippen LogP contribution is -2.51. The highest BCUT2D eigenvalue weighted by Gasteiger charge is 2.46. The summed E-state index contributed by atoms with van der Waals surface area (Å²) < 4.78 is 6.03. The van der Waals surface area contributed by atoms with Crippen LogP contribution < -0.4 is 0 Å². The number of hydrogen-bond acceptors (Lipinski definition) is 3. The molecule has 1 amide bonds. The first-order chi connectivity index (χ1) is 13.2. The van der Waals surface area contributed by atoms with Crippen LogP contribution in [0.3, 0.4) is 0 Å². The predicted molar refractivity (Wildman–Crippen MR) is 110 cm³/mol. The molecule has 4 heteroatoms. The standard InChI is InChI=1S/C24H27NO3/c1-5-19-11-13-20(14-12-19)18(2)25-16-15-24(28-22(25)26,17-23(3,4)27)21-9-7-6-8-10-21/h1,6-14,18,27H,15-17H2,2-4H3/t18-,24-/m0/s1. The summed E-state index contributed by atoms with van der Waals surface area (Å²) in [5.74, 6) is 2.60. The minimum absolute atomic E-state index is 0.129. The van der Waals surface area contributed by atoms with E-state index in [0.717, 1.165) is 16.7 Å². The predicted octanol–water partition coefficient (Wildman–Crippen LogP) is 4.63. The van der Waals surface area contributed by atoms with Crippen LogP contribution in [0.15, 0.2) is 54.6 Å². The summed E-state index contributed by atoms with van der Waals surface area (Å²) in [7, 11) is 0. The molecule has 0 bridgehead atoms. The van der Waals surface area contributed by atoms with Crippen LogP contribution in [0, 0.1) is 12.3 Å². The van der Waals surface area contributed by atoms with Crippen molar-refractivity contribution in [2.75, 3.05) is 6.54 Å². The fraction of sp³-hybridized carbons (Fsp3) is 0.375. The topological polar surface area (TPSA) is 49.8 Å². The van der Waals surface area contributed by atoms with Crippen molar-refractivity contribution in [3.63, 3.8) is 0 Å². The lowest BCUT2D eigenvalue weighted by atomic mass is 9.80. The number of terminal acetylenes is 1. The van der Waals surface area contributed by atoms with Gasteiger partial charge in [-0.1, -0.05) is 48.4 Å². The van der Waals surface area contributed by atoms with Gasteiger partial charge in [0.2, 0.25) is 0 Å². The molecule has 3 rings (SSSR count). The van der Waals surface area contributed by atoms with E-state index in [2.05, 4.69) is 5.92 Å².